The van der Waals surface area contributed by atoms with Crippen LogP contribution in [0, 0.1) is 18.3 Å². The highest BCUT2D eigenvalue weighted by Crippen LogP contribution is 2.19. The van der Waals surface area contributed by atoms with E-state index in [1.807, 2.05) is 18.2 Å². The van der Waals surface area contributed by atoms with Crippen LogP contribution in [0.1, 0.15) is 16.7 Å². The average Bonchev–Trinajstić information content (AvgIpc) is 2.43. The molecular weight excluding hydrogens is 236 g/mol. The van der Waals surface area contributed by atoms with Crippen LogP contribution in [0.3, 0.4) is 0 Å². The van der Waals surface area contributed by atoms with Crippen LogP contribution < -0.4 is 11.1 Å². The van der Waals surface area contributed by atoms with Crippen molar-refractivity contribution in [2.24, 2.45) is 0 Å². The van der Waals surface area contributed by atoms with Gasteiger partial charge in [0.25, 0.3) is 0 Å². The minimum absolute atomic E-state index is 0.412. The first-order chi connectivity index (χ1) is 9.22. The molecule has 0 bridgehead atoms. The van der Waals surface area contributed by atoms with Gasteiger partial charge in [0, 0.05) is 12.7 Å². The summed E-state index contributed by atoms with van der Waals surface area (Å²) in [5.41, 5.74) is 9.29. The van der Waals surface area contributed by atoms with Gasteiger partial charge in [-0.1, -0.05) is 24.3 Å². The molecule has 0 saturated carbocycles. The van der Waals surface area contributed by atoms with Crippen molar-refractivity contribution in [2.45, 2.75) is 13.3 Å². The number of nitrogens with two attached hydrogens (primary N) is 1. The highest BCUT2D eigenvalue weighted by molar-refractivity contribution is 5.68. The standard InChI is InChI=1S/C15H16N4/c1-11-4-2-3-5-12(11)6-8-18-15-14(17)13(10-16)7-9-19-15/h2-5,7,9H,6,8,17H2,1H3,(H,18,19). The number of hydrogen-bond donors (Lipinski definition) is 2. The van der Waals surface area contributed by atoms with Gasteiger partial charge in [-0.3, -0.25) is 0 Å². The Labute approximate surface area is 112 Å². The second-order valence-corrected chi connectivity index (χ2v) is 4.34. The van der Waals surface area contributed by atoms with E-state index in [2.05, 4.69) is 29.4 Å². The van der Waals surface area contributed by atoms with Gasteiger partial charge in [0.15, 0.2) is 5.82 Å². The maximum atomic E-state index is 8.90. The monoisotopic (exact) mass is 252 g/mol. The number of benzene rings is 1. The molecule has 0 aliphatic carbocycles. The third-order valence-electron chi connectivity index (χ3n) is 3.06. The lowest BCUT2D eigenvalue weighted by atomic mass is 10.1. The first-order valence-electron chi connectivity index (χ1n) is 6.15. The van der Waals surface area contributed by atoms with Gasteiger partial charge < -0.3 is 11.1 Å². The summed E-state index contributed by atoms with van der Waals surface area (Å²) in [5, 5.41) is 12.1. The van der Waals surface area contributed by atoms with Gasteiger partial charge in [-0.2, -0.15) is 5.26 Å². The van der Waals surface area contributed by atoms with Gasteiger partial charge in [0.05, 0.1) is 11.3 Å². The van der Waals surface area contributed by atoms with Crippen molar-refractivity contribution in [3.05, 3.63) is 53.2 Å². The van der Waals surface area contributed by atoms with Crippen LogP contribution in [0.2, 0.25) is 0 Å². The number of nitrogens with one attached hydrogen (secondary N) is 1. The summed E-state index contributed by atoms with van der Waals surface area (Å²) in [6.45, 7) is 2.83. The Morgan fingerprint density at radius 1 is 1.32 bits per heavy atom. The highest BCUT2D eigenvalue weighted by atomic mass is 15.0. The molecule has 1 heterocycles. The fraction of sp³-hybridized carbons (Fsp3) is 0.200. The van der Waals surface area contributed by atoms with E-state index in [0.717, 1.165) is 13.0 Å². The van der Waals surface area contributed by atoms with Crippen molar-refractivity contribution < 1.29 is 0 Å². The normalized spacial score (nSPS) is 9.89. The third-order valence-corrected chi connectivity index (χ3v) is 3.06. The van der Waals surface area contributed by atoms with E-state index >= 15 is 0 Å². The van der Waals surface area contributed by atoms with E-state index in [-0.39, 0.29) is 0 Å². The van der Waals surface area contributed by atoms with E-state index in [1.165, 1.54) is 11.1 Å². The Morgan fingerprint density at radius 2 is 2.11 bits per heavy atom. The molecule has 3 N–H and O–H groups in total. The molecule has 0 unspecified atom stereocenters. The summed E-state index contributed by atoms with van der Waals surface area (Å²) in [7, 11) is 0. The molecule has 0 aliphatic rings. The van der Waals surface area contributed by atoms with Gasteiger partial charge in [-0.15, -0.1) is 0 Å². The summed E-state index contributed by atoms with van der Waals surface area (Å²) in [5.74, 6) is 0.577. The van der Waals surface area contributed by atoms with Crippen LogP contribution in [0.15, 0.2) is 36.5 Å². The molecule has 1 aromatic heterocycles. The minimum Gasteiger partial charge on any atom is -0.395 e. The molecule has 0 spiro atoms. The topological polar surface area (TPSA) is 74.7 Å². The number of rotatable bonds is 4. The number of hydrogen-bond acceptors (Lipinski definition) is 4. The summed E-state index contributed by atoms with van der Waals surface area (Å²) in [6, 6.07) is 11.9. The summed E-state index contributed by atoms with van der Waals surface area (Å²) in [6.07, 6.45) is 2.48. The largest absolute Gasteiger partial charge is 0.395 e. The number of aromatic nitrogens is 1. The Bertz CT molecular complexity index is 614. The summed E-state index contributed by atoms with van der Waals surface area (Å²) < 4.78 is 0. The number of anilines is 2. The average molecular weight is 252 g/mol. The van der Waals surface area contributed by atoms with E-state index in [4.69, 9.17) is 11.0 Å². The zero-order valence-corrected chi connectivity index (χ0v) is 10.9. The molecule has 0 saturated heterocycles. The van der Waals surface area contributed by atoms with Crippen LogP contribution in [0.4, 0.5) is 11.5 Å². The van der Waals surface area contributed by atoms with Gasteiger partial charge >= 0.3 is 0 Å². The lowest BCUT2D eigenvalue weighted by Gasteiger charge is -2.10. The van der Waals surface area contributed by atoms with Gasteiger partial charge in [-0.05, 0) is 30.5 Å². The smallest absolute Gasteiger partial charge is 0.150 e. The quantitative estimate of drug-likeness (QED) is 0.876. The second kappa shape index (κ2) is 5.87. The molecule has 4 nitrogen and oxygen atoms in total. The lowest BCUT2D eigenvalue weighted by Crippen LogP contribution is -2.09. The molecule has 0 amide bonds. The maximum absolute atomic E-state index is 8.90. The molecule has 0 radical (unpaired) electrons. The SMILES string of the molecule is Cc1ccccc1CCNc1nccc(C#N)c1N. The molecule has 2 aromatic rings. The zero-order valence-electron chi connectivity index (χ0n) is 10.9. The van der Waals surface area contributed by atoms with E-state index in [9.17, 15) is 0 Å². The van der Waals surface area contributed by atoms with E-state index in [1.54, 1.807) is 12.3 Å². The molecule has 4 heteroatoms. The number of nitrogens with zero attached hydrogens (tertiary/aromatic N) is 2. The summed E-state index contributed by atoms with van der Waals surface area (Å²) in [4.78, 5) is 4.15. The Balaban J connectivity index is 2.01. The van der Waals surface area contributed by atoms with Crippen LogP contribution >= 0.6 is 0 Å². The molecule has 0 aliphatic heterocycles. The third kappa shape index (κ3) is 3.02. The number of aryl methyl sites for hydroxylation is 1. The fourth-order valence-electron chi connectivity index (χ4n) is 1.92. The molecule has 1 aromatic carbocycles. The maximum Gasteiger partial charge on any atom is 0.150 e. The molecule has 0 fully saturated rings. The van der Waals surface area contributed by atoms with Gasteiger partial charge in [0.2, 0.25) is 0 Å². The predicted molar refractivity (Wildman–Crippen MR) is 76.7 cm³/mol. The lowest BCUT2D eigenvalue weighted by molar-refractivity contribution is 0.994. The van der Waals surface area contributed by atoms with Crippen LogP contribution in [0.25, 0.3) is 0 Å². The van der Waals surface area contributed by atoms with Crippen molar-refractivity contribution in [1.82, 2.24) is 4.98 Å². The van der Waals surface area contributed by atoms with Crippen molar-refractivity contribution >= 4 is 11.5 Å². The van der Waals surface area contributed by atoms with Crippen molar-refractivity contribution in [1.29, 1.82) is 5.26 Å². The molecule has 0 atom stereocenters. The molecular formula is C15H16N4. The van der Waals surface area contributed by atoms with Crippen molar-refractivity contribution in [3.8, 4) is 6.07 Å². The number of nitriles is 1. The fourth-order valence-corrected chi connectivity index (χ4v) is 1.92. The second-order valence-electron chi connectivity index (χ2n) is 4.34. The number of pyridine rings is 1. The van der Waals surface area contributed by atoms with E-state index < -0.39 is 0 Å². The number of nitrogen functional groups attached to an aromatic ring is 1. The zero-order chi connectivity index (χ0) is 13.7. The van der Waals surface area contributed by atoms with Crippen LogP contribution in [-0.2, 0) is 6.42 Å². The Hall–Kier alpha value is -2.54. The van der Waals surface area contributed by atoms with Crippen LogP contribution in [-0.4, -0.2) is 11.5 Å². The summed E-state index contributed by atoms with van der Waals surface area (Å²) >= 11 is 0. The molecule has 2 rings (SSSR count). The molecule has 19 heavy (non-hydrogen) atoms. The minimum atomic E-state index is 0.412. The van der Waals surface area contributed by atoms with E-state index in [0.29, 0.717) is 17.1 Å². The predicted octanol–water partition coefficient (Wildman–Crippen LogP) is 2.50. The van der Waals surface area contributed by atoms with Crippen molar-refractivity contribution in [2.75, 3.05) is 17.6 Å². The van der Waals surface area contributed by atoms with Gasteiger partial charge in [-0.25, -0.2) is 4.98 Å². The first-order valence-corrected chi connectivity index (χ1v) is 6.15. The Kier molecular flexibility index (Phi) is 3.99. The highest BCUT2D eigenvalue weighted by Gasteiger charge is 2.05. The van der Waals surface area contributed by atoms with Crippen LogP contribution in [0.5, 0.6) is 0 Å². The van der Waals surface area contributed by atoms with Crippen molar-refractivity contribution in [3.63, 3.8) is 0 Å². The Morgan fingerprint density at radius 3 is 2.84 bits per heavy atom. The van der Waals surface area contributed by atoms with Gasteiger partial charge in [0.1, 0.15) is 6.07 Å². The molecule has 96 valence electrons. The first kappa shape index (κ1) is 12.9.